The van der Waals surface area contributed by atoms with Crippen molar-refractivity contribution < 1.29 is 22.7 Å². The monoisotopic (exact) mass is 364 g/mol. The number of amides is 1. The van der Waals surface area contributed by atoms with Gasteiger partial charge in [-0.25, -0.2) is 13.1 Å². The lowest BCUT2D eigenvalue weighted by molar-refractivity contribution is 0.0997. The smallest absolute Gasteiger partial charge is 0.252 e. The number of hydrogen-bond donors (Lipinski definition) is 2. The van der Waals surface area contributed by atoms with Gasteiger partial charge < -0.3 is 15.2 Å². The number of nitrogens with one attached hydrogen (secondary N) is 1. The molecule has 0 fully saturated rings. The lowest BCUT2D eigenvalue weighted by Gasteiger charge is -2.11. The van der Waals surface area contributed by atoms with E-state index in [0.29, 0.717) is 12.2 Å². The molecule has 2 rings (SSSR count). The minimum absolute atomic E-state index is 0.00936. The zero-order valence-corrected chi connectivity index (χ0v) is 14.8. The Kier molecular flexibility index (Phi) is 6.00. The molecule has 0 radical (unpaired) electrons. The Balaban J connectivity index is 2.14. The number of ether oxygens (including phenoxy) is 2. The predicted octanol–water partition coefficient (Wildman–Crippen LogP) is 1.32. The lowest BCUT2D eigenvalue weighted by atomic mass is 10.1. The molecule has 2 aromatic rings. The number of methoxy groups -OCH3 is 2. The third kappa shape index (κ3) is 4.49. The molecule has 134 valence electrons. The zero-order valence-electron chi connectivity index (χ0n) is 14.0. The van der Waals surface area contributed by atoms with Gasteiger partial charge >= 0.3 is 0 Å². The highest BCUT2D eigenvalue weighted by Crippen LogP contribution is 2.22. The molecule has 25 heavy (non-hydrogen) atoms. The van der Waals surface area contributed by atoms with Gasteiger partial charge in [0, 0.05) is 6.54 Å². The SMILES string of the molecule is COc1ccccc1CCNS(=O)(=O)c1ccc(OC)c(C(N)=O)c1. The molecule has 0 bridgehead atoms. The molecule has 0 aliphatic heterocycles. The summed E-state index contributed by atoms with van der Waals surface area (Å²) < 4.78 is 37.6. The van der Waals surface area contributed by atoms with Crippen molar-refractivity contribution in [2.75, 3.05) is 20.8 Å². The molecule has 0 aromatic heterocycles. The van der Waals surface area contributed by atoms with Gasteiger partial charge in [0.15, 0.2) is 0 Å². The van der Waals surface area contributed by atoms with Gasteiger partial charge in [0.1, 0.15) is 11.5 Å². The first kappa shape index (κ1) is 18.8. The Labute approximate surface area is 146 Å². The number of primary amides is 1. The molecule has 0 spiro atoms. The quantitative estimate of drug-likeness (QED) is 0.735. The van der Waals surface area contributed by atoms with Crippen LogP contribution < -0.4 is 19.9 Å². The molecular formula is C17H20N2O5S. The number of rotatable bonds is 8. The average Bonchev–Trinajstić information content (AvgIpc) is 2.61. The minimum Gasteiger partial charge on any atom is -0.496 e. The van der Waals surface area contributed by atoms with E-state index >= 15 is 0 Å². The van der Waals surface area contributed by atoms with E-state index in [2.05, 4.69) is 4.72 Å². The number of benzene rings is 2. The highest BCUT2D eigenvalue weighted by atomic mass is 32.2. The summed E-state index contributed by atoms with van der Waals surface area (Å²) in [5, 5.41) is 0. The van der Waals surface area contributed by atoms with Crippen LogP contribution in [0.3, 0.4) is 0 Å². The second-order valence-electron chi connectivity index (χ2n) is 5.19. The van der Waals surface area contributed by atoms with Crippen LogP contribution in [0, 0.1) is 0 Å². The van der Waals surface area contributed by atoms with Gasteiger partial charge in [0.2, 0.25) is 10.0 Å². The fourth-order valence-electron chi connectivity index (χ4n) is 2.36. The van der Waals surface area contributed by atoms with Gasteiger partial charge in [-0.05, 0) is 36.2 Å². The number of carbonyl (C=O) groups excluding carboxylic acids is 1. The van der Waals surface area contributed by atoms with Crippen molar-refractivity contribution in [2.24, 2.45) is 5.73 Å². The van der Waals surface area contributed by atoms with E-state index < -0.39 is 15.9 Å². The van der Waals surface area contributed by atoms with E-state index in [1.807, 2.05) is 24.3 Å². The van der Waals surface area contributed by atoms with E-state index in [-0.39, 0.29) is 22.8 Å². The first-order chi connectivity index (χ1) is 11.9. The first-order valence-corrected chi connectivity index (χ1v) is 8.96. The summed E-state index contributed by atoms with van der Waals surface area (Å²) >= 11 is 0. The van der Waals surface area contributed by atoms with Gasteiger partial charge in [-0.1, -0.05) is 18.2 Å². The van der Waals surface area contributed by atoms with Crippen LogP contribution in [-0.2, 0) is 16.4 Å². The van der Waals surface area contributed by atoms with Crippen LogP contribution in [-0.4, -0.2) is 35.1 Å². The van der Waals surface area contributed by atoms with Crippen molar-refractivity contribution in [3.05, 3.63) is 53.6 Å². The molecular weight excluding hydrogens is 344 g/mol. The molecule has 0 aliphatic rings. The summed E-state index contributed by atoms with van der Waals surface area (Å²) in [6.45, 7) is 0.181. The Bertz CT molecular complexity index is 865. The number of para-hydroxylation sites is 1. The van der Waals surface area contributed by atoms with Crippen molar-refractivity contribution in [2.45, 2.75) is 11.3 Å². The maximum atomic E-state index is 12.4. The molecule has 1 amide bonds. The summed E-state index contributed by atoms with van der Waals surface area (Å²) in [6, 6.07) is 11.3. The predicted molar refractivity (Wildman–Crippen MR) is 93.4 cm³/mol. The molecule has 3 N–H and O–H groups in total. The van der Waals surface area contributed by atoms with E-state index in [1.165, 1.54) is 25.3 Å². The van der Waals surface area contributed by atoms with Crippen molar-refractivity contribution in [1.29, 1.82) is 0 Å². The third-order valence-electron chi connectivity index (χ3n) is 3.63. The van der Waals surface area contributed by atoms with Gasteiger partial charge in [-0.15, -0.1) is 0 Å². The molecule has 0 saturated carbocycles. The Morgan fingerprint density at radius 3 is 2.40 bits per heavy atom. The van der Waals surface area contributed by atoms with Crippen molar-refractivity contribution in [3.63, 3.8) is 0 Å². The summed E-state index contributed by atoms with van der Waals surface area (Å²) in [6.07, 6.45) is 0.460. The standard InChI is InChI=1S/C17H20N2O5S/c1-23-15-6-4-3-5-12(15)9-10-19-25(21,22)13-7-8-16(24-2)14(11-13)17(18)20/h3-8,11,19H,9-10H2,1-2H3,(H2,18,20). The summed E-state index contributed by atoms with van der Waals surface area (Å²) in [5.41, 5.74) is 6.16. The Hall–Kier alpha value is -2.58. The first-order valence-electron chi connectivity index (χ1n) is 7.48. The fourth-order valence-corrected chi connectivity index (χ4v) is 3.42. The molecule has 0 atom stereocenters. The molecule has 0 aliphatic carbocycles. The fraction of sp³-hybridized carbons (Fsp3) is 0.235. The highest BCUT2D eigenvalue weighted by Gasteiger charge is 2.18. The molecule has 0 saturated heterocycles. The zero-order chi connectivity index (χ0) is 18.4. The summed E-state index contributed by atoms with van der Waals surface area (Å²) in [5.74, 6) is 0.158. The van der Waals surface area contributed by atoms with Gasteiger partial charge in [-0.3, -0.25) is 4.79 Å². The largest absolute Gasteiger partial charge is 0.496 e. The van der Waals surface area contributed by atoms with Crippen LogP contribution in [0.4, 0.5) is 0 Å². The number of nitrogens with two attached hydrogens (primary N) is 1. The number of hydrogen-bond acceptors (Lipinski definition) is 5. The maximum absolute atomic E-state index is 12.4. The minimum atomic E-state index is -3.79. The summed E-state index contributed by atoms with van der Waals surface area (Å²) in [4.78, 5) is 11.4. The van der Waals surface area contributed by atoms with Gasteiger partial charge in [0.05, 0.1) is 24.7 Å². The Morgan fingerprint density at radius 1 is 1.08 bits per heavy atom. The molecule has 0 heterocycles. The van der Waals surface area contributed by atoms with E-state index in [1.54, 1.807) is 7.11 Å². The number of sulfonamides is 1. The molecule has 8 heteroatoms. The molecule has 2 aromatic carbocycles. The van der Waals surface area contributed by atoms with Crippen LogP contribution in [0.15, 0.2) is 47.4 Å². The number of carbonyl (C=O) groups is 1. The normalized spacial score (nSPS) is 11.1. The molecule has 0 unspecified atom stereocenters. The topological polar surface area (TPSA) is 108 Å². The maximum Gasteiger partial charge on any atom is 0.252 e. The average molecular weight is 364 g/mol. The van der Waals surface area contributed by atoms with Crippen LogP contribution >= 0.6 is 0 Å². The Morgan fingerprint density at radius 2 is 1.76 bits per heavy atom. The van der Waals surface area contributed by atoms with Crippen molar-refractivity contribution in [3.8, 4) is 11.5 Å². The second kappa shape index (κ2) is 8.00. The summed E-state index contributed by atoms with van der Waals surface area (Å²) in [7, 11) is -0.847. The van der Waals surface area contributed by atoms with Crippen molar-refractivity contribution in [1.82, 2.24) is 4.72 Å². The van der Waals surface area contributed by atoms with Crippen molar-refractivity contribution >= 4 is 15.9 Å². The van der Waals surface area contributed by atoms with Crippen LogP contribution in [0.25, 0.3) is 0 Å². The highest BCUT2D eigenvalue weighted by molar-refractivity contribution is 7.89. The van der Waals surface area contributed by atoms with Crippen LogP contribution in [0.5, 0.6) is 11.5 Å². The van der Waals surface area contributed by atoms with Gasteiger partial charge in [0.25, 0.3) is 5.91 Å². The van der Waals surface area contributed by atoms with E-state index in [0.717, 1.165) is 5.56 Å². The van der Waals surface area contributed by atoms with Crippen LogP contribution in [0.1, 0.15) is 15.9 Å². The van der Waals surface area contributed by atoms with Crippen LogP contribution in [0.2, 0.25) is 0 Å². The third-order valence-corrected chi connectivity index (χ3v) is 5.08. The lowest BCUT2D eigenvalue weighted by Crippen LogP contribution is -2.26. The molecule has 7 nitrogen and oxygen atoms in total. The van der Waals surface area contributed by atoms with E-state index in [9.17, 15) is 13.2 Å². The second-order valence-corrected chi connectivity index (χ2v) is 6.95. The van der Waals surface area contributed by atoms with E-state index in [4.69, 9.17) is 15.2 Å². The van der Waals surface area contributed by atoms with Gasteiger partial charge in [-0.2, -0.15) is 0 Å².